The number of thioether (sulfide) groups is 1. The molecule has 1 fully saturated rings. The van der Waals surface area contributed by atoms with E-state index in [9.17, 15) is 4.79 Å². The van der Waals surface area contributed by atoms with Crippen LogP contribution in [0.1, 0.15) is 13.8 Å². The van der Waals surface area contributed by atoms with Crippen LogP contribution in [0.4, 0.5) is 4.79 Å². The molecule has 1 rings (SSSR count). The molecule has 0 aromatic heterocycles. The Morgan fingerprint density at radius 1 is 1.60 bits per heavy atom. The van der Waals surface area contributed by atoms with E-state index in [1.165, 1.54) is 0 Å². The molecule has 0 aliphatic carbocycles. The van der Waals surface area contributed by atoms with Crippen molar-refractivity contribution in [3.63, 3.8) is 0 Å². The summed E-state index contributed by atoms with van der Waals surface area (Å²) in [6.07, 6.45) is 2.12. The second-order valence-corrected chi connectivity index (χ2v) is 5.87. The molecule has 2 amide bonds. The van der Waals surface area contributed by atoms with E-state index in [0.29, 0.717) is 0 Å². The summed E-state index contributed by atoms with van der Waals surface area (Å²) < 4.78 is 0.271. The van der Waals surface area contributed by atoms with Gasteiger partial charge in [0.1, 0.15) is 0 Å². The van der Waals surface area contributed by atoms with Crippen LogP contribution in [0, 0.1) is 0 Å². The van der Waals surface area contributed by atoms with Crippen molar-refractivity contribution >= 4 is 17.8 Å². The topological polar surface area (TPSA) is 44.4 Å². The Morgan fingerprint density at radius 2 is 2.33 bits per heavy atom. The highest BCUT2D eigenvalue weighted by molar-refractivity contribution is 7.99. The highest BCUT2D eigenvalue weighted by atomic mass is 32.2. The second-order valence-electron chi connectivity index (χ2n) is 4.36. The molecule has 15 heavy (non-hydrogen) atoms. The van der Waals surface area contributed by atoms with Crippen LogP contribution in [-0.2, 0) is 0 Å². The number of rotatable bonds is 6. The number of carbonyl (C=O) groups excluding carboxylic acids is 1. The molecule has 0 saturated carbocycles. The first-order valence-corrected chi connectivity index (χ1v) is 6.56. The zero-order valence-corrected chi connectivity index (χ0v) is 10.6. The maximum atomic E-state index is 11.2. The molecule has 0 aromatic carbocycles. The molecule has 4 nitrogen and oxygen atoms in total. The van der Waals surface area contributed by atoms with E-state index in [4.69, 9.17) is 0 Å². The first kappa shape index (κ1) is 12.6. The molecule has 1 saturated heterocycles. The molecule has 0 unspecified atom stereocenters. The van der Waals surface area contributed by atoms with Crippen molar-refractivity contribution in [2.75, 3.05) is 39.0 Å². The largest absolute Gasteiger partial charge is 0.336 e. The highest BCUT2D eigenvalue weighted by Crippen LogP contribution is 2.19. The van der Waals surface area contributed by atoms with Gasteiger partial charge in [-0.2, -0.15) is 11.8 Å². The summed E-state index contributed by atoms with van der Waals surface area (Å²) in [5, 5.41) is 6.17. The lowest BCUT2D eigenvalue weighted by Crippen LogP contribution is -2.38. The Balaban J connectivity index is 2.09. The van der Waals surface area contributed by atoms with Crippen molar-refractivity contribution in [2.45, 2.75) is 18.6 Å². The Kier molecular flexibility index (Phi) is 4.73. The summed E-state index contributed by atoms with van der Waals surface area (Å²) in [7, 11) is 0. The molecule has 0 atom stereocenters. The molecule has 0 spiro atoms. The Morgan fingerprint density at radius 3 is 2.87 bits per heavy atom. The predicted octanol–water partition coefficient (Wildman–Crippen LogP) is 0.743. The van der Waals surface area contributed by atoms with Crippen LogP contribution >= 0.6 is 11.8 Å². The van der Waals surface area contributed by atoms with Gasteiger partial charge in [-0.15, -0.1) is 0 Å². The summed E-state index contributed by atoms with van der Waals surface area (Å²) in [5.41, 5.74) is 0. The fraction of sp³-hybridized carbons (Fsp3) is 0.900. The average Bonchev–Trinajstić information content (AvgIpc) is 2.59. The van der Waals surface area contributed by atoms with Gasteiger partial charge in [0.05, 0.1) is 0 Å². The van der Waals surface area contributed by atoms with Gasteiger partial charge in [-0.05, 0) is 20.1 Å². The molecule has 0 radical (unpaired) electrons. The van der Waals surface area contributed by atoms with Crippen LogP contribution in [0.2, 0.25) is 0 Å². The molecule has 2 N–H and O–H groups in total. The van der Waals surface area contributed by atoms with E-state index in [-0.39, 0.29) is 10.8 Å². The number of hydrogen-bond acceptors (Lipinski definition) is 3. The van der Waals surface area contributed by atoms with Crippen molar-refractivity contribution in [1.82, 2.24) is 15.5 Å². The summed E-state index contributed by atoms with van der Waals surface area (Å²) in [6.45, 7) is 8.71. The molecule has 1 aliphatic heterocycles. The molecule has 1 aliphatic rings. The molecular formula is C10H21N3OS. The van der Waals surface area contributed by atoms with E-state index in [1.54, 1.807) is 0 Å². The minimum atomic E-state index is 0.0703. The molecule has 1 heterocycles. The van der Waals surface area contributed by atoms with Gasteiger partial charge >= 0.3 is 6.03 Å². The molecule has 88 valence electrons. The first-order chi connectivity index (χ1) is 7.05. The number of carbonyl (C=O) groups is 1. The second kappa shape index (κ2) is 5.61. The number of amides is 2. The van der Waals surface area contributed by atoms with E-state index in [1.807, 2.05) is 16.7 Å². The van der Waals surface area contributed by atoms with Crippen LogP contribution in [0.5, 0.6) is 0 Å². The van der Waals surface area contributed by atoms with Gasteiger partial charge in [0.25, 0.3) is 0 Å². The maximum Gasteiger partial charge on any atom is 0.317 e. The van der Waals surface area contributed by atoms with Gasteiger partial charge in [0, 0.05) is 37.5 Å². The summed E-state index contributed by atoms with van der Waals surface area (Å²) in [6, 6.07) is 0.0703. The van der Waals surface area contributed by atoms with Crippen LogP contribution in [0.15, 0.2) is 0 Å². The van der Waals surface area contributed by atoms with E-state index in [0.717, 1.165) is 32.7 Å². The zero-order chi connectivity index (χ0) is 11.3. The van der Waals surface area contributed by atoms with Gasteiger partial charge < -0.3 is 15.5 Å². The average molecular weight is 231 g/mol. The monoisotopic (exact) mass is 231 g/mol. The van der Waals surface area contributed by atoms with Crippen molar-refractivity contribution in [1.29, 1.82) is 0 Å². The third-order valence-electron chi connectivity index (χ3n) is 2.61. The van der Waals surface area contributed by atoms with Crippen LogP contribution in [-0.4, -0.2) is 54.7 Å². The van der Waals surface area contributed by atoms with Gasteiger partial charge in [-0.1, -0.05) is 0 Å². The molecule has 5 heteroatoms. The smallest absolute Gasteiger partial charge is 0.317 e. The quantitative estimate of drug-likeness (QED) is 0.663. The first-order valence-electron chi connectivity index (χ1n) is 5.34. The highest BCUT2D eigenvalue weighted by Gasteiger charge is 2.19. The Bertz CT molecular complexity index is 221. The lowest BCUT2D eigenvalue weighted by molar-refractivity contribution is 0.217. The van der Waals surface area contributed by atoms with Crippen LogP contribution in [0.25, 0.3) is 0 Å². The number of urea groups is 1. The summed E-state index contributed by atoms with van der Waals surface area (Å²) >= 11 is 1.85. The minimum absolute atomic E-state index is 0.0703. The Hall–Kier alpha value is -0.420. The number of hydrogen-bond donors (Lipinski definition) is 2. The predicted molar refractivity (Wildman–Crippen MR) is 65.4 cm³/mol. The van der Waals surface area contributed by atoms with Crippen molar-refractivity contribution in [3.05, 3.63) is 0 Å². The van der Waals surface area contributed by atoms with E-state index >= 15 is 0 Å². The molecule has 0 aromatic rings. The third kappa shape index (κ3) is 4.30. The normalized spacial score (nSPS) is 17.0. The number of nitrogens with zero attached hydrogens (tertiary/aromatic N) is 1. The van der Waals surface area contributed by atoms with Crippen LogP contribution in [0.3, 0.4) is 0 Å². The number of nitrogens with one attached hydrogen (secondary N) is 2. The van der Waals surface area contributed by atoms with Crippen molar-refractivity contribution in [3.8, 4) is 0 Å². The zero-order valence-electron chi connectivity index (χ0n) is 9.80. The van der Waals surface area contributed by atoms with Gasteiger partial charge in [0.15, 0.2) is 0 Å². The van der Waals surface area contributed by atoms with Crippen molar-refractivity contribution < 1.29 is 4.79 Å². The van der Waals surface area contributed by atoms with Gasteiger partial charge in [-0.25, -0.2) is 4.79 Å². The Labute approximate surface area is 96.2 Å². The molecule has 0 bridgehead atoms. The summed E-state index contributed by atoms with van der Waals surface area (Å²) in [4.78, 5) is 13.1. The van der Waals surface area contributed by atoms with Gasteiger partial charge in [0.2, 0.25) is 0 Å². The SMILES string of the molecule is CSC(C)(C)CNCCN1CCNC1=O. The standard InChI is InChI=1S/C10H21N3OS/c1-10(2,15-3)8-11-4-6-13-7-5-12-9(13)14/h11H,4-8H2,1-3H3,(H,12,14). The van der Waals surface area contributed by atoms with E-state index in [2.05, 4.69) is 30.7 Å². The molecular weight excluding hydrogens is 210 g/mol. The van der Waals surface area contributed by atoms with Gasteiger partial charge in [-0.3, -0.25) is 0 Å². The van der Waals surface area contributed by atoms with E-state index < -0.39 is 0 Å². The fourth-order valence-electron chi connectivity index (χ4n) is 1.40. The fourth-order valence-corrected chi connectivity index (χ4v) is 1.65. The minimum Gasteiger partial charge on any atom is -0.336 e. The third-order valence-corrected chi connectivity index (χ3v) is 3.86. The van der Waals surface area contributed by atoms with Crippen LogP contribution < -0.4 is 10.6 Å². The summed E-state index contributed by atoms with van der Waals surface area (Å²) in [5.74, 6) is 0. The lowest BCUT2D eigenvalue weighted by atomic mass is 10.2. The lowest BCUT2D eigenvalue weighted by Gasteiger charge is -2.23. The van der Waals surface area contributed by atoms with Crippen molar-refractivity contribution in [2.24, 2.45) is 0 Å². The maximum absolute atomic E-state index is 11.2.